The fourth-order valence-corrected chi connectivity index (χ4v) is 4.50. The van der Waals surface area contributed by atoms with Gasteiger partial charge >= 0.3 is 0 Å². The molecule has 1 atom stereocenters. The van der Waals surface area contributed by atoms with Crippen LogP contribution in [0, 0.1) is 11.3 Å². The van der Waals surface area contributed by atoms with E-state index in [4.69, 9.17) is 5.73 Å². The van der Waals surface area contributed by atoms with E-state index in [0.29, 0.717) is 23.3 Å². The maximum absolute atomic E-state index is 12.5. The number of nitrogens with two attached hydrogens (primary N) is 1. The van der Waals surface area contributed by atoms with Gasteiger partial charge in [-0.1, -0.05) is 20.8 Å². The molecule has 4 rings (SSSR count). The van der Waals surface area contributed by atoms with Crippen molar-refractivity contribution in [2.75, 3.05) is 38.5 Å². The normalized spacial score (nSPS) is 22.2. The average molecular weight is 386 g/mol. The van der Waals surface area contributed by atoms with Gasteiger partial charge in [-0.25, -0.2) is 15.0 Å². The molecule has 4 heterocycles. The lowest BCUT2D eigenvalue weighted by atomic mass is 9.91. The first kappa shape index (κ1) is 19.1. The monoisotopic (exact) mass is 385 g/mol. The fraction of sp³-hybridized carbons (Fsp3) is 0.700. The van der Waals surface area contributed by atoms with E-state index in [9.17, 15) is 4.79 Å². The number of imidazole rings is 1. The molecule has 2 saturated heterocycles. The van der Waals surface area contributed by atoms with Gasteiger partial charge in [0, 0.05) is 38.1 Å². The summed E-state index contributed by atoms with van der Waals surface area (Å²) >= 11 is 0. The molecule has 2 fully saturated rings. The van der Waals surface area contributed by atoms with E-state index in [2.05, 4.69) is 24.4 Å². The molecule has 2 aliphatic rings. The molecule has 152 valence electrons. The minimum atomic E-state index is -0.282. The lowest BCUT2D eigenvalue weighted by Crippen LogP contribution is -2.45. The second-order valence-corrected chi connectivity index (χ2v) is 9.27. The first-order valence-electron chi connectivity index (χ1n) is 10.3. The Morgan fingerprint density at radius 2 is 1.89 bits per heavy atom. The van der Waals surface area contributed by atoms with Crippen molar-refractivity contribution in [1.82, 2.24) is 29.3 Å². The molecule has 0 saturated carbocycles. The maximum Gasteiger partial charge on any atom is 0.227 e. The molecule has 2 aromatic heterocycles. The second-order valence-electron chi connectivity index (χ2n) is 9.27. The number of piperidine rings is 1. The Hall–Kier alpha value is -2.22. The van der Waals surface area contributed by atoms with Crippen molar-refractivity contribution in [2.45, 2.75) is 46.1 Å². The number of nitrogens with zero attached hydrogens (tertiary/aromatic N) is 6. The number of anilines is 1. The third kappa shape index (κ3) is 3.70. The number of hydrogen-bond acceptors (Lipinski definition) is 6. The minimum Gasteiger partial charge on any atom is -0.382 e. The quantitative estimate of drug-likeness (QED) is 0.868. The van der Waals surface area contributed by atoms with Crippen LogP contribution < -0.4 is 5.73 Å². The summed E-state index contributed by atoms with van der Waals surface area (Å²) in [5.41, 5.74) is 7.15. The molecule has 0 aromatic carbocycles. The van der Waals surface area contributed by atoms with E-state index in [1.54, 1.807) is 0 Å². The summed E-state index contributed by atoms with van der Waals surface area (Å²) in [6, 6.07) is 0.377. The highest BCUT2D eigenvalue weighted by Gasteiger charge is 2.32. The highest BCUT2D eigenvalue weighted by molar-refractivity contribution is 5.82. The highest BCUT2D eigenvalue weighted by Crippen LogP contribution is 2.29. The summed E-state index contributed by atoms with van der Waals surface area (Å²) < 4.78 is 2.15. The van der Waals surface area contributed by atoms with Crippen molar-refractivity contribution in [3.8, 4) is 0 Å². The van der Waals surface area contributed by atoms with Crippen molar-refractivity contribution in [3.63, 3.8) is 0 Å². The zero-order valence-corrected chi connectivity index (χ0v) is 17.1. The fourth-order valence-electron chi connectivity index (χ4n) is 4.50. The van der Waals surface area contributed by atoms with Crippen LogP contribution in [0.4, 0.5) is 5.82 Å². The second kappa shape index (κ2) is 7.31. The molecule has 2 aliphatic heterocycles. The van der Waals surface area contributed by atoms with E-state index in [-0.39, 0.29) is 11.3 Å². The van der Waals surface area contributed by atoms with Crippen molar-refractivity contribution in [2.24, 2.45) is 11.3 Å². The summed E-state index contributed by atoms with van der Waals surface area (Å²) in [6.45, 7) is 11.0. The Labute approximate surface area is 166 Å². The Morgan fingerprint density at radius 3 is 2.61 bits per heavy atom. The molecule has 0 spiro atoms. The van der Waals surface area contributed by atoms with Gasteiger partial charge in [0.1, 0.15) is 11.8 Å². The zero-order valence-electron chi connectivity index (χ0n) is 17.1. The van der Waals surface area contributed by atoms with Crippen LogP contribution in [0.1, 0.15) is 46.1 Å². The van der Waals surface area contributed by atoms with Crippen LogP contribution in [-0.4, -0.2) is 67.9 Å². The SMILES string of the molecule is CC(C)(C)C(=O)N1CCC(CN2CCC(n3cnc4c(N)ncnc43)C2)CC1. The van der Waals surface area contributed by atoms with Gasteiger partial charge < -0.3 is 20.1 Å². The Morgan fingerprint density at radius 1 is 1.14 bits per heavy atom. The van der Waals surface area contributed by atoms with Crippen molar-refractivity contribution >= 4 is 22.9 Å². The largest absolute Gasteiger partial charge is 0.382 e. The van der Waals surface area contributed by atoms with Crippen molar-refractivity contribution in [3.05, 3.63) is 12.7 Å². The van der Waals surface area contributed by atoms with Crippen LogP contribution in [0.2, 0.25) is 0 Å². The third-order valence-corrected chi connectivity index (χ3v) is 6.09. The number of amides is 1. The molecule has 8 heteroatoms. The summed E-state index contributed by atoms with van der Waals surface area (Å²) in [4.78, 5) is 29.9. The van der Waals surface area contributed by atoms with Crippen LogP contribution in [0.5, 0.6) is 0 Å². The highest BCUT2D eigenvalue weighted by atomic mass is 16.2. The number of nitrogen functional groups attached to an aromatic ring is 1. The van der Waals surface area contributed by atoms with Gasteiger partial charge in [-0.15, -0.1) is 0 Å². The summed E-state index contributed by atoms with van der Waals surface area (Å²) in [6.07, 6.45) is 6.65. The Kier molecular flexibility index (Phi) is 4.99. The van der Waals surface area contributed by atoms with Crippen LogP contribution in [-0.2, 0) is 4.79 Å². The minimum absolute atomic E-state index is 0.278. The Bertz CT molecular complexity index is 848. The molecule has 0 bridgehead atoms. The lowest BCUT2D eigenvalue weighted by Gasteiger charge is -2.37. The third-order valence-electron chi connectivity index (χ3n) is 6.09. The molecule has 0 aliphatic carbocycles. The van der Waals surface area contributed by atoms with Gasteiger partial charge in [0.05, 0.1) is 12.4 Å². The van der Waals surface area contributed by atoms with E-state index in [1.165, 1.54) is 6.33 Å². The van der Waals surface area contributed by atoms with Gasteiger partial charge in [0.2, 0.25) is 5.91 Å². The van der Waals surface area contributed by atoms with Gasteiger partial charge in [-0.05, 0) is 25.2 Å². The standard InChI is InChI=1S/C20H31N7O/c1-20(2,3)19(28)26-8-4-14(5-9-26)10-25-7-6-15(11-25)27-13-24-16-17(21)22-12-23-18(16)27/h12-15H,4-11H2,1-3H3,(H2,21,22,23). The van der Waals surface area contributed by atoms with Crippen molar-refractivity contribution < 1.29 is 4.79 Å². The van der Waals surface area contributed by atoms with E-state index < -0.39 is 0 Å². The lowest BCUT2D eigenvalue weighted by molar-refractivity contribution is -0.141. The summed E-state index contributed by atoms with van der Waals surface area (Å²) in [5.74, 6) is 1.39. The molecule has 1 unspecified atom stereocenters. The van der Waals surface area contributed by atoms with Crippen LogP contribution in [0.25, 0.3) is 11.2 Å². The summed E-state index contributed by atoms with van der Waals surface area (Å²) in [5, 5.41) is 0. The van der Waals surface area contributed by atoms with Gasteiger partial charge in [0.25, 0.3) is 0 Å². The van der Waals surface area contributed by atoms with Crippen LogP contribution >= 0.6 is 0 Å². The molecule has 2 aromatic rings. The van der Waals surface area contributed by atoms with Gasteiger partial charge in [0.15, 0.2) is 11.5 Å². The number of hydrogen-bond donors (Lipinski definition) is 1. The average Bonchev–Trinajstić information content (AvgIpc) is 3.28. The van der Waals surface area contributed by atoms with E-state index in [0.717, 1.165) is 57.6 Å². The Balaban J connectivity index is 1.32. The first-order chi connectivity index (χ1) is 13.3. The predicted octanol–water partition coefficient (Wildman–Crippen LogP) is 1.94. The first-order valence-corrected chi connectivity index (χ1v) is 10.3. The number of likely N-dealkylation sites (tertiary alicyclic amines) is 2. The number of carbonyl (C=O) groups excluding carboxylic acids is 1. The number of rotatable bonds is 3. The van der Waals surface area contributed by atoms with Gasteiger partial charge in [-0.2, -0.15) is 0 Å². The molecule has 8 nitrogen and oxygen atoms in total. The molecule has 1 amide bonds. The number of carbonyl (C=O) groups is 1. The molecule has 0 radical (unpaired) electrons. The zero-order chi connectivity index (χ0) is 19.9. The van der Waals surface area contributed by atoms with E-state index in [1.807, 2.05) is 32.0 Å². The smallest absolute Gasteiger partial charge is 0.227 e. The van der Waals surface area contributed by atoms with Gasteiger partial charge in [-0.3, -0.25) is 4.79 Å². The molecule has 28 heavy (non-hydrogen) atoms. The van der Waals surface area contributed by atoms with E-state index >= 15 is 0 Å². The number of fused-ring (bicyclic) bond motifs is 1. The molecule has 2 N–H and O–H groups in total. The number of aromatic nitrogens is 4. The predicted molar refractivity (Wildman–Crippen MR) is 109 cm³/mol. The van der Waals surface area contributed by atoms with Crippen LogP contribution in [0.15, 0.2) is 12.7 Å². The topological polar surface area (TPSA) is 93.2 Å². The molecular weight excluding hydrogens is 354 g/mol. The summed E-state index contributed by atoms with van der Waals surface area (Å²) in [7, 11) is 0. The van der Waals surface area contributed by atoms with Crippen molar-refractivity contribution in [1.29, 1.82) is 0 Å². The molecular formula is C20H31N7O. The van der Waals surface area contributed by atoms with Crippen LogP contribution in [0.3, 0.4) is 0 Å². The maximum atomic E-state index is 12.5.